The van der Waals surface area contributed by atoms with E-state index in [9.17, 15) is 0 Å². The average Bonchev–Trinajstić information content (AvgIpc) is 2.27. The molecule has 0 heterocycles. The van der Waals surface area contributed by atoms with E-state index in [2.05, 4.69) is 6.07 Å². The Morgan fingerprint density at radius 1 is 1.21 bits per heavy atom. The number of hydrogen-bond donors (Lipinski definition) is 0. The van der Waals surface area contributed by atoms with Crippen LogP contribution in [0.15, 0.2) is 17.0 Å². The van der Waals surface area contributed by atoms with Gasteiger partial charge in [-0.1, -0.05) is 0 Å². The number of fused-ring (bicyclic) bond motifs is 1. The fraction of sp³-hybridized carbons (Fsp3) is 0.455. The van der Waals surface area contributed by atoms with E-state index in [-0.39, 0.29) is 0 Å². The minimum Gasteiger partial charge on any atom is -0.496 e. The topological polar surface area (TPSA) is 9.23 Å². The van der Waals surface area contributed by atoms with E-state index in [1.165, 1.54) is 39.8 Å². The summed E-state index contributed by atoms with van der Waals surface area (Å²) < 4.78 is 5.36. The van der Waals surface area contributed by atoms with Crippen molar-refractivity contribution in [3.63, 3.8) is 0 Å². The van der Waals surface area contributed by atoms with Crippen molar-refractivity contribution in [1.29, 1.82) is 0 Å². The normalized spacial score (nSPS) is 15.0. The number of halogens is 1. The van der Waals surface area contributed by atoms with Crippen molar-refractivity contribution < 1.29 is 4.74 Å². The third kappa shape index (κ3) is 1.73. The Hall–Kier alpha value is -0.340. The molecular formula is C11H13ClOS. The lowest BCUT2D eigenvalue weighted by atomic mass is 9.91. The summed E-state index contributed by atoms with van der Waals surface area (Å²) >= 11 is 0. The summed E-state index contributed by atoms with van der Waals surface area (Å²) in [5.74, 6) is 1.02. The SMILES string of the molecule is COc1ccc(SCl)c2c1CCCC2. The summed E-state index contributed by atoms with van der Waals surface area (Å²) in [5.41, 5.74) is 2.76. The second kappa shape index (κ2) is 4.45. The van der Waals surface area contributed by atoms with Gasteiger partial charge in [0.05, 0.1) is 7.11 Å². The van der Waals surface area contributed by atoms with Crippen LogP contribution in [0.5, 0.6) is 5.75 Å². The lowest BCUT2D eigenvalue weighted by Gasteiger charge is -2.20. The fourth-order valence-corrected chi connectivity index (χ4v) is 2.94. The largest absolute Gasteiger partial charge is 0.496 e. The van der Waals surface area contributed by atoms with E-state index >= 15 is 0 Å². The van der Waals surface area contributed by atoms with Gasteiger partial charge in [-0.25, -0.2) is 0 Å². The summed E-state index contributed by atoms with van der Waals surface area (Å²) in [5, 5.41) is 0. The van der Waals surface area contributed by atoms with E-state index in [0.717, 1.165) is 18.6 Å². The molecule has 0 saturated carbocycles. The van der Waals surface area contributed by atoms with Crippen LogP contribution in [0, 0.1) is 0 Å². The van der Waals surface area contributed by atoms with Crippen LogP contribution in [0.4, 0.5) is 0 Å². The first-order valence-corrected chi connectivity index (χ1v) is 6.48. The molecule has 1 aromatic carbocycles. The van der Waals surface area contributed by atoms with E-state index in [0.29, 0.717) is 0 Å². The molecule has 0 saturated heterocycles. The second-order valence-corrected chi connectivity index (χ2v) is 4.56. The molecule has 1 nitrogen and oxygen atoms in total. The third-order valence-corrected chi connectivity index (χ3v) is 3.80. The maximum Gasteiger partial charge on any atom is 0.122 e. The molecule has 0 bridgehead atoms. The third-order valence-electron chi connectivity index (χ3n) is 2.75. The van der Waals surface area contributed by atoms with E-state index in [1.807, 2.05) is 6.07 Å². The van der Waals surface area contributed by atoms with Crippen LogP contribution < -0.4 is 4.74 Å². The van der Waals surface area contributed by atoms with Crippen LogP contribution >= 0.6 is 21.7 Å². The molecule has 0 N–H and O–H groups in total. The zero-order chi connectivity index (χ0) is 9.97. The second-order valence-electron chi connectivity index (χ2n) is 3.51. The summed E-state index contributed by atoms with van der Waals surface area (Å²) in [7, 11) is 8.89. The van der Waals surface area contributed by atoms with Crippen molar-refractivity contribution in [2.24, 2.45) is 0 Å². The molecule has 1 aromatic rings. The molecule has 14 heavy (non-hydrogen) atoms. The highest BCUT2D eigenvalue weighted by molar-refractivity contribution is 8.21. The number of ether oxygens (including phenoxy) is 1. The summed E-state index contributed by atoms with van der Waals surface area (Å²) in [6.07, 6.45) is 4.80. The molecule has 0 radical (unpaired) electrons. The molecular weight excluding hydrogens is 216 g/mol. The number of rotatable bonds is 2. The van der Waals surface area contributed by atoms with Gasteiger partial charge in [-0.2, -0.15) is 0 Å². The van der Waals surface area contributed by atoms with Gasteiger partial charge in [0.15, 0.2) is 0 Å². The van der Waals surface area contributed by atoms with Crippen LogP contribution in [0.3, 0.4) is 0 Å². The summed E-state index contributed by atoms with van der Waals surface area (Å²) in [6.45, 7) is 0. The van der Waals surface area contributed by atoms with Gasteiger partial charge < -0.3 is 4.74 Å². The van der Waals surface area contributed by atoms with Crippen LogP contribution in [-0.2, 0) is 12.8 Å². The highest BCUT2D eigenvalue weighted by Gasteiger charge is 2.17. The van der Waals surface area contributed by atoms with Gasteiger partial charge in [0.25, 0.3) is 0 Å². The Labute approximate surface area is 93.3 Å². The lowest BCUT2D eigenvalue weighted by Crippen LogP contribution is -2.06. The highest BCUT2D eigenvalue weighted by atomic mass is 35.7. The van der Waals surface area contributed by atoms with Gasteiger partial charge in [0, 0.05) is 4.90 Å². The average molecular weight is 229 g/mol. The summed E-state index contributed by atoms with van der Waals surface area (Å²) in [4.78, 5) is 1.20. The van der Waals surface area contributed by atoms with Crippen molar-refractivity contribution in [2.75, 3.05) is 7.11 Å². The molecule has 0 unspecified atom stereocenters. The van der Waals surface area contributed by atoms with Crippen LogP contribution in [0.1, 0.15) is 24.0 Å². The molecule has 0 aromatic heterocycles. The molecule has 0 aliphatic heterocycles. The van der Waals surface area contributed by atoms with Crippen molar-refractivity contribution in [3.05, 3.63) is 23.3 Å². The Morgan fingerprint density at radius 3 is 2.57 bits per heavy atom. The zero-order valence-electron chi connectivity index (χ0n) is 8.18. The molecule has 2 rings (SSSR count). The zero-order valence-corrected chi connectivity index (χ0v) is 9.75. The standard InChI is InChI=1S/C11H13ClOS/c1-13-10-6-7-11(14-12)9-5-3-2-4-8(9)10/h6-7H,2-5H2,1H3. The molecule has 0 fully saturated rings. The molecule has 1 aliphatic rings. The van der Waals surface area contributed by atoms with Crippen LogP contribution in [0.25, 0.3) is 0 Å². The maximum atomic E-state index is 5.84. The van der Waals surface area contributed by atoms with Gasteiger partial charge in [-0.05, 0) is 70.6 Å². The monoisotopic (exact) mass is 228 g/mol. The first-order chi connectivity index (χ1) is 6.86. The van der Waals surface area contributed by atoms with E-state index < -0.39 is 0 Å². The molecule has 3 heteroatoms. The predicted molar refractivity (Wildman–Crippen MR) is 61.3 cm³/mol. The molecule has 76 valence electrons. The van der Waals surface area contributed by atoms with E-state index in [4.69, 9.17) is 15.4 Å². The van der Waals surface area contributed by atoms with Crippen LogP contribution in [0.2, 0.25) is 0 Å². The van der Waals surface area contributed by atoms with Gasteiger partial charge in [-0.3, -0.25) is 0 Å². The van der Waals surface area contributed by atoms with E-state index in [1.54, 1.807) is 7.11 Å². The van der Waals surface area contributed by atoms with Gasteiger partial charge in [0.1, 0.15) is 5.75 Å². The Balaban J connectivity index is 2.50. The Kier molecular flexibility index (Phi) is 3.24. The first kappa shape index (κ1) is 10.2. The first-order valence-electron chi connectivity index (χ1n) is 4.84. The molecule has 0 atom stereocenters. The minimum atomic E-state index is 1.02. The maximum absolute atomic E-state index is 5.84. The molecule has 0 spiro atoms. The Morgan fingerprint density at radius 2 is 1.93 bits per heavy atom. The van der Waals surface area contributed by atoms with Gasteiger partial charge in [-0.15, -0.1) is 0 Å². The minimum absolute atomic E-state index is 1.02. The quantitative estimate of drug-likeness (QED) is 0.761. The van der Waals surface area contributed by atoms with Crippen molar-refractivity contribution >= 4 is 21.7 Å². The van der Waals surface area contributed by atoms with Crippen molar-refractivity contribution in [1.82, 2.24) is 0 Å². The van der Waals surface area contributed by atoms with Crippen LogP contribution in [-0.4, -0.2) is 7.11 Å². The molecule has 0 amide bonds. The van der Waals surface area contributed by atoms with Crippen molar-refractivity contribution in [2.45, 2.75) is 30.6 Å². The smallest absolute Gasteiger partial charge is 0.122 e. The van der Waals surface area contributed by atoms with Gasteiger partial charge >= 0.3 is 0 Å². The fourth-order valence-electron chi connectivity index (χ4n) is 2.07. The van der Waals surface area contributed by atoms with Gasteiger partial charge in [0.2, 0.25) is 0 Å². The Bertz CT molecular complexity index is 305. The number of hydrogen-bond acceptors (Lipinski definition) is 2. The number of methoxy groups -OCH3 is 1. The summed E-state index contributed by atoms with van der Waals surface area (Å²) in [6, 6.07) is 4.08. The molecule has 1 aliphatic carbocycles. The van der Waals surface area contributed by atoms with Crippen molar-refractivity contribution in [3.8, 4) is 5.75 Å². The predicted octanol–water partition coefficient (Wildman–Crippen LogP) is 3.82. The lowest BCUT2D eigenvalue weighted by molar-refractivity contribution is 0.405. The number of benzene rings is 1. The highest BCUT2D eigenvalue weighted by Crippen LogP contribution is 2.37.